The van der Waals surface area contributed by atoms with E-state index >= 15 is 0 Å². The van der Waals surface area contributed by atoms with Gasteiger partial charge in [-0.3, -0.25) is 14.5 Å². The highest BCUT2D eigenvalue weighted by atomic mass is 127. The van der Waals surface area contributed by atoms with E-state index in [-0.39, 0.29) is 23.9 Å². The molecule has 2 aliphatic rings. The SMILES string of the molecule is CCC1C(=O)N2CCCC2C(=O)N1c1cccc(I)c1. The van der Waals surface area contributed by atoms with Gasteiger partial charge in [-0.15, -0.1) is 0 Å². The van der Waals surface area contributed by atoms with Crippen LogP contribution in [-0.4, -0.2) is 35.3 Å². The summed E-state index contributed by atoms with van der Waals surface area (Å²) in [4.78, 5) is 28.8. The number of piperazine rings is 1. The lowest BCUT2D eigenvalue weighted by atomic mass is 10.0. The average Bonchev–Trinajstić information content (AvgIpc) is 2.92. The molecular formula is C15H17IN2O2. The first kappa shape index (κ1) is 13.9. The topological polar surface area (TPSA) is 40.6 Å². The minimum atomic E-state index is -0.352. The molecule has 2 saturated heterocycles. The Kier molecular flexibility index (Phi) is 3.70. The Hall–Kier alpha value is -1.11. The summed E-state index contributed by atoms with van der Waals surface area (Å²) in [5.74, 6) is 0.185. The molecule has 0 saturated carbocycles. The van der Waals surface area contributed by atoms with Crippen molar-refractivity contribution in [1.82, 2.24) is 4.90 Å². The second kappa shape index (κ2) is 5.35. The highest BCUT2D eigenvalue weighted by Crippen LogP contribution is 2.32. The molecule has 4 nitrogen and oxygen atoms in total. The standard InChI is InChI=1S/C15H17IN2O2/c1-2-12-14(19)17-8-4-7-13(17)15(20)18(12)11-6-3-5-10(16)9-11/h3,5-6,9,12-13H,2,4,7-8H2,1H3. The Bertz CT molecular complexity index is 561. The van der Waals surface area contributed by atoms with Crippen molar-refractivity contribution in [3.8, 4) is 0 Å². The first-order valence-electron chi connectivity index (χ1n) is 7.02. The van der Waals surface area contributed by atoms with Crippen molar-refractivity contribution >= 4 is 40.1 Å². The lowest BCUT2D eigenvalue weighted by molar-refractivity contribution is -0.144. The van der Waals surface area contributed by atoms with E-state index in [4.69, 9.17) is 0 Å². The summed E-state index contributed by atoms with van der Waals surface area (Å²) in [6.07, 6.45) is 2.37. The Morgan fingerprint density at radius 3 is 2.80 bits per heavy atom. The van der Waals surface area contributed by atoms with Crippen molar-refractivity contribution in [1.29, 1.82) is 0 Å². The maximum absolute atomic E-state index is 12.8. The second-order valence-electron chi connectivity index (χ2n) is 5.30. The van der Waals surface area contributed by atoms with Gasteiger partial charge in [0, 0.05) is 15.8 Å². The third-order valence-electron chi connectivity index (χ3n) is 4.13. The predicted octanol–water partition coefficient (Wildman–Crippen LogP) is 2.41. The van der Waals surface area contributed by atoms with E-state index in [1.807, 2.05) is 31.2 Å². The number of fused-ring (bicyclic) bond motifs is 1. The number of rotatable bonds is 2. The molecular weight excluding hydrogens is 367 g/mol. The minimum absolute atomic E-state index is 0.0796. The summed E-state index contributed by atoms with van der Waals surface area (Å²) in [6, 6.07) is 7.21. The molecule has 2 aliphatic heterocycles. The quantitative estimate of drug-likeness (QED) is 0.735. The van der Waals surface area contributed by atoms with Crippen LogP contribution >= 0.6 is 22.6 Å². The van der Waals surface area contributed by atoms with Gasteiger partial charge in [0.15, 0.2) is 0 Å². The number of hydrogen-bond donors (Lipinski definition) is 0. The van der Waals surface area contributed by atoms with Gasteiger partial charge < -0.3 is 4.90 Å². The van der Waals surface area contributed by atoms with Gasteiger partial charge in [-0.1, -0.05) is 13.0 Å². The predicted molar refractivity (Wildman–Crippen MR) is 85.5 cm³/mol. The van der Waals surface area contributed by atoms with Crippen LogP contribution in [0.2, 0.25) is 0 Å². The molecule has 0 bridgehead atoms. The lowest BCUT2D eigenvalue weighted by Crippen LogP contribution is -2.63. The first-order valence-corrected chi connectivity index (χ1v) is 8.10. The van der Waals surface area contributed by atoms with Crippen LogP contribution in [0.4, 0.5) is 5.69 Å². The molecule has 106 valence electrons. The van der Waals surface area contributed by atoms with E-state index in [2.05, 4.69) is 22.6 Å². The molecule has 1 aromatic rings. The summed E-state index contributed by atoms with van der Waals surface area (Å²) >= 11 is 2.23. The van der Waals surface area contributed by atoms with Gasteiger partial charge >= 0.3 is 0 Å². The van der Waals surface area contributed by atoms with Crippen LogP contribution in [-0.2, 0) is 9.59 Å². The number of halogens is 1. The third-order valence-corrected chi connectivity index (χ3v) is 4.80. The smallest absolute Gasteiger partial charge is 0.250 e. The van der Waals surface area contributed by atoms with Gasteiger partial charge in [-0.25, -0.2) is 0 Å². The van der Waals surface area contributed by atoms with E-state index in [1.165, 1.54) is 0 Å². The molecule has 2 fully saturated rings. The highest BCUT2D eigenvalue weighted by molar-refractivity contribution is 14.1. The van der Waals surface area contributed by atoms with Gasteiger partial charge in [0.2, 0.25) is 5.91 Å². The molecule has 0 N–H and O–H groups in total. The molecule has 5 heteroatoms. The molecule has 2 atom stereocenters. The monoisotopic (exact) mass is 384 g/mol. The van der Waals surface area contributed by atoms with E-state index in [1.54, 1.807) is 9.80 Å². The molecule has 1 aromatic carbocycles. The van der Waals surface area contributed by atoms with Crippen LogP contribution in [0, 0.1) is 3.57 Å². The molecule has 0 radical (unpaired) electrons. The number of carbonyl (C=O) groups is 2. The summed E-state index contributed by atoms with van der Waals surface area (Å²) in [6.45, 7) is 2.69. The zero-order valence-corrected chi connectivity index (χ0v) is 13.5. The van der Waals surface area contributed by atoms with Gasteiger partial charge in [0.1, 0.15) is 12.1 Å². The number of benzene rings is 1. The molecule has 20 heavy (non-hydrogen) atoms. The maximum atomic E-state index is 12.8. The van der Waals surface area contributed by atoms with Gasteiger partial charge in [-0.05, 0) is 60.1 Å². The zero-order chi connectivity index (χ0) is 14.3. The third kappa shape index (κ3) is 2.12. The number of nitrogens with zero attached hydrogens (tertiary/aromatic N) is 2. The Labute approximate surface area is 132 Å². The highest BCUT2D eigenvalue weighted by Gasteiger charge is 2.47. The van der Waals surface area contributed by atoms with Crippen molar-refractivity contribution in [2.75, 3.05) is 11.4 Å². The average molecular weight is 384 g/mol. The maximum Gasteiger partial charge on any atom is 0.250 e. The van der Waals surface area contributed by atoms with Crippen molar-refractivity contribution in [3.05, 3.63) is 27.8 Å². The molecule has 2 unspecified atom stereocenters. The molecule has 0 aliphatic carbocycles. The minimum Gasteiger partial charge on any atom is -0.329 e. The molecule has 0 spiro atoms. The van der Waals surface area contributed by atoms with E-state index in [0.717, 1.165) is 28.6 Å². The Morgan fingerprint density at radius 1 is 1.30 bits per heavy atom. The molecule has 3 rings (SSSR count). The Morgan fingerprint density at radius 2 is 2.10 bits per heavy atom. The van der Waals surface area contributed by atoms with Crippen molar-refractivity contribution in [3.63, 3.8) is 0 Å². The zero-order valence-electron chi connectivity index (χ0n) is 11.4. The first-order chi connectivity index (χ1) is 9.63. The van der Waals surface area contributed by atoms with Crippen LogP contribution in [0.25, 0.3) is 0 Å². The number of hydrogen-bond acceptors (Lipinski definition) is 2. The van der Waals surface area contributed by atoms with Crippen LogP contribution < -0.4 is 4.90 Å². The van der Waals surface area contributed by atoms with Crippen molar-refractivity contribution in [2.45, 2.75) is 38.3 Å². The van der Waals surface area contributed by atoms with Crippen molar-refractivity contribution < 1.29 is 9.59 Å². The van der Waals surface area contributed by atoms with E-state index < -0.39 is 0 Å². The van der Waals surface area contributed by atoms with Gasteiger partial charge in [-0.2, -0.15) is 0 Å². The largest absolute Gasteiger partial charge is 0.329 e. The van der Waals surface area contributed by atoms with E-state index in [9.17, 15) is 9.59 Å². The van der Waals surface area contributed by atoms with E-state index in [0.29, 0.717) is 6.42 Å². The summed E-state index contributed by atoms with van der Waals surface area (Å²) in [7, 11) is 0. The fourth-order valence-electron chi connectivity index (χ4n) is 3.19. The van der Waals surface area contributed by atoms with Gasteiger partial charge in [0.05, 0.1) is 0 Å². The molecule has 2 heterocycles. The number of carbonyl (C=O) groups excluding carboxylic acids is 2. The Balaban J connectivity index is 2.03. The number of amides is 2. The molecule has 2 amide bonds. The van der Waals surface area contributed by atoms with Crippen LogP contribution in [0.15, 0.2) is 24.3 Å². The fraction of sp³-hybridized carbons (Fsp3) is 0.467. The number of anilines is 1. The van der Waals surface area contributed by atoms with Gasteiger partial charge in [0.25, 0.3) is 5.91 Å². The van der Waals surface area contributed by atoms with Crippen LogP contribution in [0.1, 0.15) is 26.2 Å². The molecule has 0 aromatic heterocycles. The lowest BCUT2D eigenvalue weighted by Gasteiger charge is -2.42. The van der Waals surface area contributed by atoms with Crippen LogP contribution in [0.5, 0.6) is 0 Å². The van der Waals surface area contributed by atoms with Crippen LogP contribution in [0.3, 0.4) is 0 Å². The second-order valence-corrected chi connectivity index (χ2v) is 6.55. The normalized spacial score (nSPS) is 26.1. The summed E-state index contributed by atoms with van der Waals surface area (Å²) in [5, 5.41) is 0. The van der Waals surface area contributed by atoms with Crippen molar-refractivity contribution in [2.24, 2.45) is 0 Å². The fourth-order valence-corrected chi connectivity index (χ4v) is 3.72. The summed E-state index contributed by atoms with van der Waals surface area (Å²) in [5.41, 5.74) is 0.841. The summed E-state index contributed by atoms with van der Waals surface area (Å²) < 4.78 is 1.07.